The van der Waals surface area contributed by atoms with E-state index in [0.29, 0.717) is 13.1 Å². The van der Waals surface area contributed by atoms with Gasteiger partial charge in [0.25, 0.3) is 0 Å². The molecule has 5 heteroatoms. The van der Waals surface area contributed by atoms with Gasteiger partial charge >= 0.3 is 0 Å². The highest BCUT2D eigenvalue weighted by molar-refractivity contribution is 5.78. The number of likely N-dealkylation sites (tertiary alicyclic amines) is 1. The van der Waals surface area contributed by atoms with Gasteiger partial charge in [-0.25, -0.2) is 0 Å². The first-order chi connectivity index (χ1) is 11.8. The van der Waals surface area contributed by atoms with Crippen LogP contribution < -0.4 is 10.1 Å². The molecule has 1 saturated heterocycles. The van der Waals surface area contributed by atoms with Crippen LogP contribution in [-0.2, 0) is 11.3 Å². The van der Waals surface area contributed by atoms with E-state index in [1.54, 1.807) is 13.3 Å². The van der Waals surface area contributed by atoms with Gasteiger partial charge in [-0.15, -0.1) is 0 Å². The normalized spacial score (nSPS) is 17.6. The van der Waals surface area contributed by atoms with Crippen molar-refractivity contribution in [3.05, 3.63) is 59.9 Å². The van der Waals surface area contributed by atoms with E-state index in [1.807, 2.05) is 36.4 Å². The van der Waals surface area contributed by atoms with E-state index >= 15 is 0 Å². The number of carbonyl (C=O) groups excluding carboxylic acids is 1. The van der Waals surface area contributed by atoms with E-state index in [9.17, 15) is 4.79 Å². The molecule has 1 aliphatic heterocycles. The van der Waals surface area contributed by atoms with Gasteiger partial charge in [0.05, 0.1) is 25.9 Å². The molecule has 1 unspecified atom stereocenters. The second kappa shape index (κ2) is 7.93. The van der Waals surface area contributed by atoms with Crippen molar-refractivity contribution in [1.29, 1.82) is 0 Å². The van der Waals surface area contributed by atoms with Gasteiger partial charge in [0.1, 0.15) is 5.75 Å². The lowest BCUT2D eigenvalue weighted by Gasteiger charge is -2.25. The molecule has 1 aromatic heterocycles. The molecule has 1 fully saturated rings. The Morgan fingerprint density at radius 2 is 2.12 bits per heavy atom. The van der Waals surface area contributed by atoms with Gasteiger partial charge in [-0.2, -0.15) is 0 Å². The first kappa shape index (κ1) is 16.5. The summed E-state index contributed by atoms with van der Waals surface area (Å²) in [6, 6.07) is 14.0. The van der Waals surface area contributed by atoms with Crippen molar-refractivity contribution in [3.8, 4) is 5.75 Å². The van der Waals surface area contributed by atoms with Crippen LogP contribution >= 0.6 is 0 Å². The Kier molecular flexibility index (Phi) is 5.43. The van der Waals surface area contributed by atoms with Crippen LogP contribution in [0.4, 0.5) is 0 Å². The largest absolute Gasteiger partial charge is 0.496 e. The smallest absolute Gasteiger partial charge is 0.234 e. The maximum atomic E-state index is 12.3. The molecular weight excluding hydrogens is 302 g/mol. The number of nitrogens with zero attached hydrogens (tertiary/aromatic N) is 2. The number of pyridine rings is 1. The summed E-state index contributed by atoms with van der Waals surface area (Å²) in [7, 11) is 1.69. The van der Waals surface area contributed by atoms with E-state index in [0.717, 1.165) is 36.4 Å². The van der Waals surface area contributed by atoms with Gasteiger partial charge in [0.2, 0.25) is 5.91 Å². The maximum absolute atomic E-state index is 12.3. The second-order valence-electron chi connectivity index (χ2n) is 5.97. The number of nitrogens with one attached hydrogen (secondary N) is 1. The van der Waals surface area contributed by atoms with E-state index in [-0.39, 0.29) is 11.9 Å². The second-order valence-corrected chi connectivity index (χ2v) is 5.97. The summed E-state index contributed by atoms with van der Waals surface area (Å²) in [4.78, 5) is 18.7. The highest BCUT2D eigenvalue weighted by Gasteiger charge is 2.29. The van der Waals surface area contributed by atoms with E-state index < -0.39 is 0 Å². The fourth-order valence-corrected chi connectivity index (χ4v) is 3.24. The fourth-order valence-electron chi connectivity index (χ4n) is 3.24. The molecule has 1 N–H and O–H groups in total. The average molecular weight is 325 g/mol. The summed E-state index contributed by atoms with van der Waals surface area (Å²) in [5.74, 6) is 0.922. The molecule has 2 aromatic rings. The van der Waals surface area contributed by atoms with Crippen molar-refractivity contribution in [2.24, 2.45) is 0 Å². The molecule has 5 nitrogen and oxygen atoms in total. The van der Waals surface area contributed by atoms with Crippen molar-refractivity contribution in [3.63, 3.8) is 0 Å². The molecule has 0 aliphatic carbocycles. The predicted octanol–water partition coefficient (Wildman–Crippen LogP) is 2.54. The molecule has 2 heterocycles. The first-order valence-electron chi connectivity index (χ1n) is 8.31. The number of aromatic nitrogens is 1. The SMILES string of the molecule is COc1ccccc1C1CCCN1CC(=O)NCc1ccccn1. The van der Waals surface area contributed by atoms with Crippen LogP contribution in [0.5, 0.6) is 5.75 Å². The van der Waals surface area contributed by atoms with Crippen molar-refractivity contribution in [2.45, 2.75) is 25.4 Å². The minimum Gasteiger partial charge on any atom is -0.496 e. The van der Waals surface area contributed by atoms with E-state index in [2.05, 4.69) is 21.3 Å². The Balaban J connectivity index is 1.60. The van der Waals surface area contributed by atoms with Gasteiger partial charge in [0.15, 0.2) is 0 Å². The highest BCUT2D eigenvalue weighted by Crippen LogP contribution is 2.36. The molecule has 0 bridgehead atoms. The quantitative estimate of drug-likeness (QED) is 0.887. The van der Waals surface area contributed by atoms with Crippen molar-refractivity contribution in [2.75, 3.05) is 20.2 Å². The summed E-state index contributed by atoms with van der Waals surface area (Å²) in [6.07, 6.45) is 3.88. The lowest BCUT2D eigenvalue weighted by Crippen LogP contribution is -2.36. The topological polar surface area (TPSA) is 54.5 Å². The summed E-state index contributed by atoms with van der Waals surface area (Å²) >= 11 is 0. The molecular formula is C19H23N3O2. The maximum Gasteiger partial charge on any atom is 0.234 e. The lowest BCUT2D eigenvalue weighted by atomic mass is 10.0. The molecule has 1 atom stereocenters. The summed E-state index contributed by atoms with van der Waals surface area (Å²) in [5, 5.41) is 2.95. The van der Waals surface area contributed by atoms with Gasteiger partial charge in [-0.1, -0.05) is 24.3 Å². The van der Waals surface area contributed by atoms with Gasteiger partial charge < -0.3 is 10.1 Å². The number of hydrogen-bond acceptors (Lipinski definition) is 4. The van der Waals surface area contributed by atoms with Gasteiger partial charge in [-0.05, 0) is 37.6 Å². The van der Waals surface area contributed by atoms with Crippen LogP contribution in [0.25, 0.3) is 0 Å². The molecule has 3 rings (SSSR count). The standard InChI is InChI=1S/C19H23N3O2/c1-24-18-10-3-2-8-16(18)17-9-6-12-22(17)14-19(23)21-13-15-7-4-5-11-20-15/h2-5,7-8,10-11,17H,6,9,12-14H2,1H3,(H,21,23). The van der Waals surface area contributed by atoms with Gasteiger partial charge in [0, 0.05) is 17.8 Å². The Morgan fingerprint density at radius 3 is 2.92 bits per heavy atom. The van der Waals surface area contributed by atoms with Crippen LogP contribution in [0.3, 0.4) is 0 Å². The number of benzene rings is 1. The molecule has 1 aromatic carbocycles. The van der Waals surface area contributed by atoms with Crippen molar-refractivity contribution in [1.82, 2.24) is 15.2 Å². The Labute approximate surface area is 142 Å². The predicted molar refractivity (Wildman–Crippen MR) is 92.6 cm³/mol. The third-order valence-electron chi connectivity index (χ3n) is 4.40. The number of para-hydroxylation sites is 1. The summed E-state index contributed by atoms with van der Waals surface area (Å²) in [6.45, 7) is 1.79. The Morgan fingerprint density at radius 1 is 1.29 bits per heavy atom. The Bertz CT molecular complexity index is 675. The van der Waals surface area contributed by atoms with Crippen LogP contribution in [0.2, 0.25) is 0 Å². The molecule has 0 spiro atoms. The average Bonchev–Trinajstić information content (AvgIpc) is 3.08. The van der Waals surface area contributed by atoms with E-state index in [4.69, 9.17) is 4.74 Å². The zero-order valence-corrected chi connectivity index (χ0v) is 13.9. The number of rotatable bonds is 6. The van der Waals surface area contributed by atoms with Crippen LogP contribution in [0, 0.1) is 0 Å². The number of amides is 1. The van der Waals surface area contributed by atoms with Crippen molar-refractivity contribution >= 4 is 5.91 Å². The molecule has 1 amide bonds. The fraction of sp³-hybridized carbons (Fsp3) is 0.368. The molecule has 0 radical (unpaired) electrons. The van der Waals surface area contributed by atoms with Crippen LogP contribution in [0.15, 0.2) is 48.7 Å². The minimum atomic E-state index is 0.0300. The van der Waals surface area contributed by atoms with Crippen LogP contribution in [-0.4, -0.2) is 36.0 Å². The number of methoxy groups -OCH3 is 1. The first-order valence-corrected chi connectivity index (χ1v) is 8.31. The number of hydrogen-bond donors (Lipinski definition) is 1. The van der Waals surface area contributed by atoms with Crippen molar-refractivity contribution < 1.29 is 9.53 Å². The zero-order valence-electron chi connectivity index (χ0n) is 13.9. The Hall–Kier alpha value is -2.40. The third kappa shape index (κ3) is 3.92. The number of carbonyl (C=O) groups is 1. The zero-order chi connectivity index (χ0) is 16.8. The third-order valence-corrected chi connectivity index (χ3v) is 4.40. The highest BCUT2D eigenvalue weighted by atomic mass is 16.5. The molecule has 24 heavy (non-hydrogen) atoms. The van der Waals surface area contributed by atoms with Crippen LogP contribution in [0.1, 0.15) is 30.1 Å². The molecule has 126 valence electrons. The minimum absolute atomic E-state index is 0.0300. The monoisotopic (exact) mass is 325 g/mol. The summed E-state index contributed by atoms with van der Waals surface area (Å²) < 4.78 is 5.48. The summed E-state index contributed by atoms with van der Waals surface area (Å²) in [5.41, 5.74) is 2.03. The molecule has 1 aliphatic rings. The van der Waals surface area contributed by atoms with E-state index in [1.165, 1.54) is 0 Å². The molecule has 0 saturated carbocycles. The van der Waals surface area contributed by atoms with Gasteiger partial charge in [-0.3, -0.25) is 14.7 Å². The number of ether oxygens (including phenoxy) is 1. The lowest BCUT2D eigenvalue weighted by molar-refractivity contribution is -0.122.